The molecule has 150 valence electrons. The van der Waals surface area contributed by atoms with Crippen molar-refractivity contribution >= 4 is 17.2 Å². The van der Waals surface area contributed by atoms with Crippen molar-refractivity contribution < 1.29 is 14.3 Å². The third kappa shape index (κ3) is 5.03. The summed E-state index contributed by atoms with van der Waals surface area (Å²) >= 11 is 1.72. The maximum atomic E-state index is 13.0. The highest BCUT2D eigenvalue weighted by Gasteiger charge is 2.24. The SMILES string of the molecule is O=C(NCC(c1cccs1)N1CCOCC1)c1ccccc1Oc1ccccc1. The third-order valence-corrected chi connectivity index (χ3v) is 5.89. The van der Waals surface area contributed by atoms with E-state index in [0.717, 1.165) is 26.3 Å². The molecule has 3 aromatic rings. The fraction of sp³-hybridized carbons (Fsp3) is 0.261. The van der Waals surface area contributed by atoms with Crippen LogP contribution >= 0.6 is 11.3 Å². The maximum Gasteiger partial charge on any atom is 0.255 e. The van der Waals surface area contributed by atoms with E-state index in [0.29, 0.717) is 23.6 Å². The number of hydrogen-bond donors (Lipinski definition) is 1. The molecule has 0 saturated carbocycles. The smallest absolute Gasteiger partial charge is 0.255 e. The van der Waals surface area contributed by atoms with E-state index in [4.69, 9.17) is 9.47 Å². The van der Waals surface area contributed by atoms with E-state index < -0.39 is 0 Å². The van der Waals surface area contributed by atoms with Crippen LogP contribution in [0.15, 0.2) is 72.1 Å². The van der Waals surface area contributed by atoms with E-state index in [1.54, 1.807) is 17.4 Å². The summed E-state index contributed by atoms with van der Waals surface area (Å²) in [6, 6.07) is 21.2. The second-order valence-electron chi connectivity index (χ2n) is 6.80. The molecule has 1 aliphatic heterocycles. The minimum absolute atomic E-state index is 0.133. The molecule has 1 atom stereocenters. The predicted molar refractivity (Wildman–Crippen MR) is 115 cm³/mol. The zero-order valence-electron chi connectivity index (χ0n) is 16.1. The van der Waals surface area contributed by atoms with Gasteiger partial charge < -0.3 is 14.8 Å². The fourth-order valence-corrected chi connectivity index (χ4v) is 4.28. The number of para-hydroxylation sites is 2. The second kappa shape index (κ2) is 9.69. The molecule has 0 aliphatic carbocycles. The molecule has 6 heteroatoms. The predicted octanol–water partition coefficient (Wildman–Crippen LogP) is 4.34. The fourth-order valence-electron chi connectivity index (χ4n) is 3.42. The maximum absolute atomic E-state index is 13.0. The van der Waals surface area contributed by atoms with Crippen LogP contribution in [0.2, 0.25) is 0 Å². The molecule has 0 bridgehead atoms. The molecule has 0 spiro atoms. The quantitative estimate of drug-likeness (QED) is 0.632. The molecule has 4 rings (SSSR count). The lowest BCUT2D eigenvalue weighted by molar-refractivity contribution is 0.0169. The highest BCUT2D eigenvalue weighted by Crippen LogP contribution is 2.27. The van der Waals surface area contributed by atoms with E-state index in [1.807, 2.05) is 48.5 Å². The van der Waals surface area contributed by atoms with Crippen LogP contribution in [0.3, 0.4) is 0 Å². The van der Waals surface area contributed by atoms with Crippen molar-refractivity contribution in [2.24, 2.45) is 0 Å². The van der Waals surface area contributed by atoms with Gasteiger partial charge in [0.15, 0.2) is 0 Å². The van der Waals surface area contributed by atoms with Crippen LogP contribution in [0, 0.1) is 0 Å². The summed E-state index contributed by atoms with van der Waals surface area (Å²) in [5, 5.41) is 5.19. The van der Waals surface area contributed by atoms with Gasteiger partial charge in [-0.05, 0) is 35.7 Å². The van der Waals surface area contributed by atoms with E-state index in [1.165, 1.54) is 4.88 Å². The Morgan fingerprint density at radius 3 is 2.55 bits per heavy atom. The molecule has 1 aromatic heterocycles. The van der Waals surface area contributed by atoms with Gasteiger partial charge in [-0.15, -0.1) is 11.3 Å². The molecule has 1 N–H and O–H groups in total. The molecule has 1 aliphatic rings. The summed E-state index contributed by atoms with van der Waals surface area (Å²) in [4.78, 5) is 16.6. The van der Waals surface area contributed by atoms with Gasteiger partial charge in [0, 0.05) is 24.5 Å². The number of carbonyl (C=O) groups is 1. The highest BCUT2D eigenvalue weighted by atomic mass is 32.1. The summed E-state index contributed by atoms with van der Waals surface area (Å²) in [6.07, 6.45) is 0. The number of nitrogens with one attached hydrogen (secondary N) is 1. The number of ether oxygens (including phenoxy) is 2. The molecule has 1 saturated heterocycles. The first-order valence-corrected chi connectivity index (χ1v) is 10.6. The van der Waals surface area contributed by atoms with Crippen LogP contribution < -0.4 is 10.1 Å². The summed E-state index contributed by atoms with van der Waals surface area (Å²) in [5.41, 5.74) is 0.531. The summed E-state index contributed by atoms with van der Waals surface area (Å²) in [5.74, 6) is 1.12. The minimum atomic E-state index is -0.133. The van der Waals surface area contributed by atoms with Crippen molar-refractivity contribution in [1.29, 1.82) is 0 Å². The lowest BCUT2D eigenvalue weighted by atomic mass is 10.1. The van der Waals surface area contributed by atoms with Crippen LogP contribution in [0.4, 0.5) is 0 Å². The second-order valence-corrected chi connectivity index (χ2v) is 7.78. The summed E-state index contributed by atoms with van der Waals surface area (Å²) < 4.78 is 11.4. The topological polar surface area (TPSA) is 50.8 Å². The number of carbonyl (C=O) groups excluding carboxylic acids is 1. The Kier molecular flexibility index (Phi) is 6.56. The number of amides is 1. The number of nitrogens with zero attached hydrogens (tertiary/aromatic N) is 1. The molecule has 2 heterocycles. The standard InChI is InChI=1S/C23H24N2O3S/c26-23(19-9-4-5-10-21(19)28-18-7-2-1-3-8-18)24-17-20(22-11-6-16-29-22)25-12-14-27-15-13-25/h1-11,16,20H,12-15,17H2,(H,24,26). The first kappa shape index (κ1) is 19.6. The molecule has 29 heavy (non-hydrogen) atoms. The first-order valence-electron chi connectivity index (χ1n) is 9.76. The number of benzene rings is 2. The molecule has 2 aromatic carbocycles. The van der Waals surface area contributed by atoms with Crippen LogP contribution in [0.5, 0.6) is 11.5 Å². The lowest BCUT2D eigenvalue weighted by Crippen LogP contribution is -2.43. The zero-order chi connectivity index (χ0) is 19.9. The number of thiophene rings is 1. The normalized spacial score (nSPS) is 15.6. The van der Waals surface area contributed by atoms with Crippen molar-refractivity contribution in [3.05, 3.63) is 82.6 Å². The third-order valence-electron chi connectivity index (χ3n) is 4.92. The largest absolute Gasteiger partial charge is 0.457 e. The Morgan fingerprint density at radius 2 is 1.79 bits per heavy atom. The Bertz CT molecular complexity index is 909. The van der Waals surface area contributed by atoms with Gasteiger partial charge in [0.25, 0.3) is 5.91 Å². The average Bonchev–Trinajstić information content (AvgIpc) is 3.30. The van der Waals surface area contributed by atoms with Crippen molar-refractivity contribution in [2.45, 2.75) is 6.04 Å². The van der Waals surface area contributed by atoms with Gasteiger partial charge in [0.05, 0.1) is 24.8 Å². The van der Waals surface area contributed by atoms with Gasteiger partial charge in [-0.3, -0.25) is 9.69 Å². The van der Waals surface area contributed by atoms with Crippen LogP contribution in [-0.4, -0.2) is 43.7 Å². The number of morpholine rings is 1. The van der Waals surface area contributed by atoms with Crippen LogP contribution in [-0.2, 0) is 4.74 Å². The molecular formula is C23H24N2O3S. The summed E-state index contributed by atoms with van der Waals surface area (Å²) in [6.45, 7) is 3.73. The van der Waals surface area contributed by atoms with Gasteiger partial charge in [0.1, 0.15) is 11.5 Å². The monoisotopic (exact) mass is 408 g/mol. The Balaban J connectivity index is 1.47. The number of rotatable bonds is 7. The average molecular weight is 409 g/mol. The Morgan fingerprint density at radius 1 is 1.03 bits per heavy atom. The Hall–Kier alpha value is -2.67. The lowest BCUT2D eigenvalue weighted by Gasteiger charge is -2.34. The van der Waals surface area contributed by atoms with Gasteiger partial charge in [-0.25, -0.2) is 0 Å². The first-order chi connectivity index (χ1) is 14.3. The van der Waals surface area contributed by atoms with Gasteiger partial charge in [-0.1, -0.05) is 36.4 Å². The molecule has 1 fully saturated rings. The highest BCUT2D eigenvalue weighted by molar-refractivity contribution is 7.10. The molecular weight excluding hydrogens is 384 g/mol. The minimum Gasteiger partial charge on any atom is -0.457 e. The van der Waals surface area contributed by atoms with E-state index in [2.05, 4.69) is 27.7 Å². The van der Waals surface area contributed by atoms with Crippen molar-refractivity contribution in [2.75, 3.05) is 32.8 Å². The summed E-state index contributed by atoms with van der Waals surface area (Å²) in [7, 11) is 0. The number of hydrogen-bond acceptors (Lipinski definition) is 5. The van der Waals surface area contributed by atoms with Crippen molar-refractivity contribution in [3.8, 4) is 11.5 Å². The Labute approximate surface area is 174 Å². The van der Waals surface area contributed by atoms with E-state index in [-0.39, 0.29) is 11.9 Å². The van der Waals surface area contributed by atoms with E-state index >= 15 is 0 Å². The van der Waals surface area contributed by atoms with Crippen molar-refractivity contribution in [1.82, 2.24) is 10.2 Å². The van der Waals surface area contributed by atoms with Crippen LogP contribution in [0.25, 0.3) is 0 Å². The van der Waals surface area contributed by atoms with Crippen LogP contribution in [0.1, 0.15) is 21.3 Å². The van der Waals surface area contributed by atoms with E-state index in [9.17, 15) is 4.79 Å². The van der Waals surface area contributed by atoms with Gasteiger partial charge in [-0.2, -0.15) is 0 Å². The van der Waals surface area contributed by atoms with Gasteiger partial charge >= 0.3 is 0 Å². The zero-order valence-corrected chi connectivity index (χ0v) is 16.9. The molecule has 0 radical (unpaired) electrons. The van der Waals surface area contributed by atoms with Crippen molar-refractivity contribution in [3.63, 3.8) is 0 Å². The van der Waals surface area contributed by atoms with Gasteiger partial charge in [0.2, 0.25) is 0 Å². The molecule has 1 amide bonds. The molecule has 1 unspecified atom stereocenters. The molecule has 5 nitrogen and oxygen atoms in total.